The smallest absolute Gasteiger partial charge is 0.247 e. The van der Waals surface area contributed by atoms with Crippen LogP contribution in [0.3, 0.4) is 0 Å². The second-order valence-corrected chi connectivity index (χ2v) is 8.31. The number of nitrogens with zero attached hydrogens (tertiary/aromatic N) is 1. The summed E-state index contributed by atoms with van der Waals surface area (Å²) in [6.07, 6.45) is 7.28. The third-order valence-electron chi connectivity index (χ3n) is 5.85. The molecule has 0 fully saturated rings. The van der Waals surface area contributed by atoms with Crippen LogP contribution < -0.4 is 20.1 Å². The number of hydrogen-bond donors (Lipinski definition) is 2. The monoisotopic (exact) mass is 437 g/mol. The fourth-order valence-corrected chi connectivity index (χ4v) is 4.05. The van der Waals surface area contributed by atoms with E-state index in [9.17, 15) is 4.79 Å². The molecule has 0 spiro atoms. The van der Waals surface area contributed by atoms with Crippen LogP contribution in [0.5, 0.6) is 11.5 Å². The van der Waals surface area contributed by atoms with Crippen LogP contribution in [0.25, 0.3) is 0 Å². The number of unbranched alkanes of at least 4 members (excludes halogenated alkanes) is 2. The number of fused-ring (bicyclic) bond motifs is 1. The number of likely N-dealkylation sites (N-methyl/N-ethyl adjacent to an activating group) is 1. The predicted octanol–water partition coefficient (Wildman–Crippen LogP) is 4.51. The highest BCUT2D eigenvalue weighted by Gasteiger charge is 2.27. The molecule has 0 bridgehead atoms. The number of carbonyl (C=O) groups excluding carboxylic acids is 1. The Morgan fingerprint density at radius 3 is 2.78 bits per heavy atom. The molecule has 3 rings (SSSR count). The van der Waals surface area contributed by atoms with Crippen LogP contribution >= 0.6 is 0 Å². The van der Waals surface area contributed by atoms with E-state index in [1.54, 1.807) is 32.4 Å². The molecule has 1 unspecified atom stereocenters. The van der Waals surface area contributed by atoms with E-state index >= 15 is 0 Å². The molecule has 2 aromatic rings. The summed E-state index contributed by atoms with van der Waals surface area (Å²) in [4.78, 5) is 15.2. The van der Waals surface area contributed by atoms with Gasteiger partial charge in [-0.2, -0.15) is 0 Å². The van der Waals surface area contributed by atoms with Gasteiger partial charge in [-0.15, -0.1) is 6.58 Å². The lowest BCUT2D eigenvalue weighted by molar-refractivity contribution is -0.116. The SMILES string of the molecule is C=CCN(C)CCCCCc1ccc2c(c1)CC(C(=O)Nc1ccc(OC)cc1OC)N2. The lowest BCUT2D eigenvalue weighted by Crippen LogP contribution is -2.32. The molecule has 6 heteroatoms. The van der Waals surface area contributed by atoms with Crippen molar-refractivity contribution >= 4 is 17.3 Å². The summed E-state index contributed by atoms with van der Waals surface area (Å²) in [5.74, 6) is 1.18. The van der Waals surface area contributed by atoms with Crippen LogP contribution in [0.15, 0.2) is 49.1 Å². The van der Waals surface area contributed by atoms with E-state index in [4.69, 9.17) is 9.47 Å². The Hall–Kier alpha value is -2.99. The van der Waals surface area contributed by atoms with Gasteiger partial charge in [-0.25, -0.2) is 0 Å². The van der Waals surface area contributed by atoms with Crippen molar-refractivity contribution in [1.82, 2.24) is 4.90 Å². The van der Waals surface area contributed by atoms with Crippen molar-refractivity contribution in [2.75, 3.05) is 45.0 Å². The number of aryl methyl sites for hydroxylation is 1. The fraction of sp³-hybridized carbons (Fsp3) is 0.423. The maximum Gasteiger partial charge on any atom is 0.247 e. The van der Waals surface area contributed by atoms with E-state index in [-0.39, 0.29) is 11.9 Å². The van der Waals surface area contributed by atoms with Gasteiger partial charge in [0.1, 0.15) is 17.5 Å². The molecule has 2 N–H and O–H groups in total. The van der Waals surface area contributed by atoms with Crippen LogP contribution in [0.2, 0.25) is 0 Å². The highest BCUT2D eigenvalue weighted by molar-refractivity contribution is 5.99. The number of nitrogens with one attached hydrogen (secondary N) is 2. The summed E-state index contributed by atoms with van der Waals surface area (Å²) in [7, 11) is 5.31. The number of carbonyl (C=O) groups is 1. The van der Waals surface area contributed by atoms with Crippen molar-refractivity contribution in [2.45, 2.75) is 38.1 Å². The van der Waals surface area contributed by atoms with Gasteiger partial charge in [0.15, 0.2) is 0 Å². The van der Waals surface area contributed by atoms with Crippen molar-refractivity contribution in [3.63, 3.8) is 0 Å². The molecule has 1 aliphatic rings. The number of hydrogen-bond acceptors (Lipinski definition) is 5. The Morgan fingerprint density at radius 1 is 1.19 bits per heavy atom. The quantitative estimate of drug-likeness (QED) is 0.378. The Morgan fingerprint density at radius 2 is 2.03 bits per heavy atom. The normalized spacial score (nSPS) is 14.6. The van der Waals surface area contributed by atoms with Gasteiger partial charge >= 0.3 is 0 Å². The summed E-state index contributed by atoms with van der Waals surface area (Å²) in [6, 6.07) is 11.6. The van der Waals surface area contributed by atoms with Gasteiger partial charge in [-0.1, -0.05) is 24.6 Å². The maximum absolute atomic E-state index is 12.9. The lowest BCUT2D eigenvalue weighted by Gasteiger charge is -2.15. The van der Waals surface area contributed by atoms with Crippen LogP contribution in [0, 0.1) is 0 Å². The van der Waals surface area contributed by atoms with Gasteiger partial charge in [0.05, 0.1) is 19.9 Å². The molecule has 0 saturated heterocycles. The first kappa shape index (κ1) is 23.7. The molecule has 1 heterocycles. The molecule has 1 atom stereocenters. The van der Waals surface area contributed by atoms with Crippen molar-refractivity contribution in [3.05, 3.63) is 60.2 Å². The van der Waals surface area contributed by atoms with E-state index in [0.717, 1.165) is 25.2 Å². The zero-order valence-electron chi connectivity index (χ0n) is 19.4. The van der Waals surface area contributed by atoms with E-state index in [2.05, 4.69) is 47.4 Å². The van der Waals surface area contributed by atoms with E-state index in [0.29, 0.717) is 23.6 Å². The summed E-state index contributed by atoms with van der Waals surface area (Å²) in [5, 5.41) is 6.33. The molecule has 0 aliphatic carbocycles. The van der Waals surface area contributed by atoms with E-state index in [1.807, 2.05) is 6.08 Å². The molecule has 32 heavy (non-hydrogen) atoms. The van der Waals surface area contributed by atoms with Gasteiger partial charge in [0.2, 0.25) is 5.91 Å². The van der Waals surface area contributed by atoms with Crippen molar-refractivity contribution < 1.29 is 14.3 Å². The Balaban J connectivity index is 1.50. The standard InChI is InChI=1S/C26H35N3O3/c1-5-14-29(2)15-8-6-7-9-19-10-12-22-20(16-19)17-24(27-22)26(30)28-23-13-11-21(31-3)18-25(23)32-4/h5,10-13,16,18,24,27H,1,6-9,14-15,17H2,2-4H3,(H,28,30). The molecule has 1 aliphatic heterocycles. The van der Waals surface area contributed by atoms with Gasteiger partial charge in [0.25, 0.3) is 0 Å². The van der Waals surface area contributed by atoms with E-state index < -0.39 is 0 Å². The largest absolute Gasteiger partial charge is 0.497 e. The molecule has 0 aromatic heterocycles. The zero-order chi connectivity index (χ0) is 22.9. The first-order chi connectivity index (χ1) is 15.5. The highest BCUT2D eigenvalue weighted by atomic mass is 16.5. The molecule has 0 saturated carbocycles. The molecule has 2 aromatic carbocycles. The number of benzene rings is 2. The molecule has 0 radical (unpaired) electrons. The van der Waals surface area contributed by atoms with Crippen LogP contribution in [-0.2, 0) is 17.6 Å². The third-order valence-corrected chi connectivity index (χ3v) is 5.85. The van der Waals surface area contributed by atoms with Gasteiger partial charge in [0, 0.05) is 24.7 Å². The number of methoxy groups -OCH3 is 2. The first-order valence-electron chi connectivity index (χ1n) is 11.2. The predicted molar refractivity (Wildman–Crippen MR) is 131 cm³/mol. The Kier molecular flexibility index (Phi) is 8.56. The summed E-state index contributed by atoms with van der Waals surface area (Å²) >= 11 is 0. The summed E-state index contributed by atoms with van der Waals surface area (Å²) < 4.78 is 10.6. The zero-order valence-corrected chi connectivity index (χ0v) is 19.4. The number of rotatable bonds is 12. The van der Waals surface area contributed by atoms with E-state index in [1.165, 1.54) is 30.4 Å². The maximum atomic E-state index is 12.9. The number of ether oxygens (including phenoxy) is 2. The Labute approximate surface area is 191 Å². The summed E-state index contributed by atoms with van der Waals surface area (Å²) in [5.41, 5.74) is 4.22. The second-order valence-electron chi connectivity index (χ2n) is 8.31. The van der Waals surface area contributed by atoms with Crippen LogP contribution in [0.4, 0.5) is 11.4 Å². The Bertz CT molecular complexity index is 929. The highest BCUT2D eigenvalue weighted by Crippen LogP contribution is 2.31. The topological polar surface area (TPSA) is 62.8 Å². The first-order valence-corrected chi connectivity index (χ1v) is 11.2. The lowest BCUT2D eigenvalue weighted by atomic mass is 10.0. The third kappa shape index (κ3) is 6.26. The summed E-state index contributed by atoms with van der Waals surface area (Å²) in [6.45, 7) is 5.83. The minimum absolute atomic E-state index is 0.0742. The average Bonchev–Trinajstić information content (AvgIpc) is 3.23. The van der Waals surface area contributed by atoms with Crippen LogP contribution in [-0.4, -0.2) is 51.2 Å². The minimum atomic E-state index is -0.299. The molecular formula is C26H35N3O3. The average molecular weight is 438 g/mol. The minimum Gasteiger partial charge on any atom is -0.497 e. The molecule has 172 valence electrons. The second kappa shape index (κ2) is 11.6. The van der Waals surface area contributed by atoms with Gasteiger partial charge < -0.3 is 25.0 Å². The fourth-order valence-electron chi connectivity index (χ4n) is 4.05. The molecule has 6 nitrogen and oxygen atoms in total. The molecule has 1 amide bonds. The van der Waals surface area contributed by atoms with Crippen molar-refractivity contribution in [1.29, 1.82) is 0 Å². The molecular weight excluding hydrogens is 402 g/mol. The number of anilines is 2. The van der Waals surface area contributed by atoms with Crippen molar-refractivity contribution in [3.8, 4) is 11.5 Å². The number of amides is 1. The van der Waals surface area contributed by atoms with Crippen LogP contribution in [0.1, 0.15) is 30.4 Å². The van der Waals surface area contributed by atoms with Crippen molar-refractivity contribution in [2.24, 2.45) is 0 Å². The van der Waals surface area contributed by atoms with Gasteiger partial charge in [-0.05, 0) is 62.2 Å². The van der Waals surface area contributed by atoms with Gasteiger partial charge in [-0.3, -0.25) is 4.79 Å².